The molecule has 0 saturated heterocycles. The summed E-state index contributed by atoms with van der Waals surface area (Å²) in [4.78, 5) is 26.4. The molecule has 0 aromatic heterocycles. The molecule has 3 aromatic carbocycles. The molecule has 0 N–H and O–H groups in total. The van der Waals surface area contributed by atoms with Gasteiger partial charge in [-0.2, -0.15) is 0 Å². The minimum Gasteiger partial charge on any atom is -0.288 e. The van der Waals surface area contributed by atoms with E-state index >= 15 is 0 Å². The molecule has 159 valence electrons. The number of carbonyl (C=O) groups is 2. The van der Waals surface area contributed by atoms with Crippen molar-refractivity contribution in [1.29, 1.82) is 0 Å². The van der Waals surface area contributed by atoms with Gasteiger partial charge in [0.2, 0.25) is 5.52 Å². The fourth-order valence-electron chi connectivity index (χ4n) is 3.14. The summed E-state index contributed by atoms with van der Waals surface area (Å²) >= 11 is 30.6. The first-order valence-corrected chi connectivity index (χ1v) is 12.0. The second-order valence-corrected chi connectivity index (χ2v) is 10.0. The summed E-state index contributed by atoms with van der Waals surface area (Å²) in [7, 11) is -2.62. The fraction of sp³-hybridized carbons (Fsp3) is 0.0909. The van der Waals surface area contributed by atoms with E-state index in [1.165, 1.54) is 12.1 Å². The van der Waals surface area contributed by atoms with E-state index in [0.717, 1.165) is 0 Å². The Morgan fingerprint density at radius 2 is 1.16 bits per heavy atom. The van der Waals surface area contributed by atoms with Crippen LogP contribution in [0, 0.1) is 13.8 Å². The van der Waals surface area contributed by atoms with E-state index < -0.39 is 19.1 Å². The topological polar surface area (TPSA) is 51.2 Å². The Balaban J connectivity index is 2.15. The van der Waals surface area contributed by atoms with Gasteiger partial charge in [0.15, 0.2) is 13.6 Å². The number of rotatable bonds is 5. The number of benzene rings is 3. The lowest BCUT2D eigenvalue weighted by atomic mass is 10.0. The molecule has 31 heavy (non-hydrogen) atoms. The summed E-state index contributed by atoms with van der Waals surface area (Å²) in [6.07, 6.45) is 0. The maximum absolute atomic E-state index is 13.4. The maximum Gasteiger partial charge on any atom is 0.247 e. The van der Waals surface area contributed by atoms with Gasteiger partial charge in [-0.25, -0.2) is 0 Å². The van der Waals surface area contributed by atoms with Crippen LogP contribution in [-0.2, 0) is 4.57 Å². The molecule has 1 radical (unpaired) electrons. The lowest BCUT2D eigenvalue weighted by Gasteiger charge is -2.14. The van der Waals surface area contributed by atoms with Gasteiger partial charge in [-0.15, -0.1) is 0 Å². The van der Waals surface area contributed by atoms with Crippen molar-refractivity contribution in [3.05, 3.63) is 95.4 Å². The standard InChI is InChI=1S/C22H13Cl5O3P/c1-10-6-5-7-11(2)14(10)22(29)31(30)13-9-4-3-8-12(13)21(28)15-16(23)18(25)20(27)19(26)17(15)24/h3-9H,1-2H3. The minimum absolute atomic E-state index is 0.00135. The van der Waals surface area contributed by atoms with E-state index in [-0.39, 0.29) is 41.5 Å². The third-order valence-corrected chi connectivity index (χ3v) is 8.38. The van der Waals surface area contributed by atoms with Crippen LogP contribution in [0.2, 0.25) is 25.1 Å². The van der Waals surface area contributed by atoms with Crippen molar-refractivity contribution in [1.82, 2.24) is 0 Å². The van der Waals surface area contributed by atoms with Crippen molar-refractivity contribution in [2.75, 3.05) is 0 Å². The third-order valence-electron chi connectivity index (χ3n) is 4.68. The number of halogens is 5. The largest absolute Gasteiger partial charge is 0.288 e. The molecule has 1 unspecified atom stereocenters. The molecule has 0 aliphatic heterocycles. The first-order chi connectivity index (χ1) is 14.6. The Hall–Kier alpha value is -1.45. The molecule has 9 heteroatoms. The Morgan fingerprint density at radius 3 is 1.71 bits per heavy atom. The van der Waals surface area contributed by atoms with Gasteiger partial charge in [-0.05, 0) is 37.1 Å². The predicted octanol–water partition coefficient (Wildman–Crippen LogP) is 8.09. The molecule has 0 aliphatic carbocycles. The molecular formula is C22H13Cl5O3P. The van der Waals surface area contributed by atoms with E-state index in [1.54, 1.807) is 38.1 Å². The van der Waals surface area contributed by atoms with Gasteiger partial charge in [0.05, 0.1) is 36.0 Å². The van der Waals surface area contributed by atoms with Crippen molar-refractivity contribution in [2.24, 2.45) is 0 Å². The Kier molecular flexibility index (Phi) is 7.48. The van der Waals surface area contributed by atoms with Crippen molar-refractivity contribution in [2.45, 2.75) is 13.8 Å². The summed E-state index contributed by atoms with van der Waals surface area (Å²) in [5.41, 5.74) is 0.994. The van der Waals surface area contributed by atoms with E-state index in [2.05, 4.69) is 0 Å². The molecule has 0 aliphatic rings. The highest BCUT2D eigenvalue weighted by Crippen LogP contribution is 2.45. The molecule has 0 heterocycles. The highest BCUT2D eigenvalue weighted by molar-refractivity contribution is 7.71. The summed E-state index contributed by atoms with van der Waals surface area (Å²) < 4.78 is 13.3. The van der Waals surface area contributed by atoms with E-state index in [4.69, 9.17) is 58.0 Å². The van der Waals surface area contributed by atoms with Crippen LogP contribution in [-0.4, -0.2) is 11.3 Å². The van der Waals surface area contributed by atoms with E-state index in [1.807, 2.05) is 6.07 Å². The van der Waals surface area contributed by atoms with Crippen LogP contribution in [0.4, 0.5) is 0 Å². The number of ketones is 1. The maximum atomic E-state index is 13.4. The SMILES string of the molecule is Cc1cccc(C)c1C(=O)[P](=O)c1ccccc1C(=O)c1c(Cl)c(Cl)c(Cl)c(Cl)c1Cl. The van der Waals surface area contributed by atoms with Crippen LogP contribution in [0.3, 0.4) is 0 Å². The smallest absolute Gasteiger partial charge is 0.247 e. The van der Waals surface area contributed by atoms with Crippen molar-refractivity contribution in [3.8, 4) is 0 Å². The third kappa shape index (κ3) is 4.41. The highest BCUT2D eigenvalue weighted by atomic mass is 35.5. The molecule has 3 rings (SSSR count). The average Bonchev–Trinajstić information content (AvgIpc) is 2.75. The number of hydrogen-bond donors (Lipinski definition) is 0. The molecule has 3 aromatic rings. The van der Waals surface area contributed by atoms with Crippen molar-refractivity contribution < 1.29 is 14.2 Å². The van der Waals surface area contributed by atoms with Gasteiger partial charge in [0.25, 0.3) is 0 Å². The summed E-state index contributed by atoms with van der Waals surface area (Å²) in [5.74, 6) is -0.677. The van der Waals surface area contributed by atoms with Crippen LogP contribution in [0.15, 0.2) is 42.5 Å². The Morgan fingerprint density at radius 1 is 0.677 bits per heavy atom. The normalized spacial score (nSPS) is 11.4. The van der Waals surface area contributed by atoms with Gasteiger partial charge in [-0.3, -0.25) is 14.2 Å². The number of hydrogen-bond acceptors (Lipinski definition) is 3. The molecule has 0 amide bonds. The van der Waals surface area contributed by atoms with Crippen LogP contribution in [0.1, 0.15) is 37.4 Å². The second kappa shape index (κ2) is 9.58. The molecule has 1 atom stereocenters. The Bertz CT molecular complexity index is 1220. The van der Waals surface area contributed by atoms with Crippen molar-refractivity contribution in [3.63, 3.8) is 0 Å². The van der Waals surface area contributed by atoms with Gasteiger partial charge in [0.1, 0.15) is 0 Å². The first kappa shape index (κ1) is 24.2. The summed E-state index contributed by atoms with van der Waals surface area (Å²) in [6, 6.07) is 11.4. The van der Waals surface area contributed by atoms with Crippen molar-refractivity contribution >= 4 is 82.4 Å². The molecule has 0 saturated carbocycles. The minimum atomic E-state index is -2.62. The highest BCUT2D eigenvalue weighted by Gasteiger charge is 2.29. The van der Waals surface area contributed by atoms with Gasteiger partial charge in [0, 0.05) is 11.1 Å². The lowest BCUT2D eigenvalue weighted by Crippen LogP contribution is -2.17. The van der Waals surface area contributed by atoms with Gasteiger partial charge in [-0.1, -0.05) is 88.3 Å². The zero-order valence-corrected chi connectivity index (χ0v) is 20.8. The van der Waals surface area contributed by atoms with Crippen LogP contribution in [0.25, 0.3) is 0 Å². The summed E-state index contributed by atoms with van der Waals surface area (Å²) in [5, 5.41) is -0.651. The van der Waals surface area contributed by atoms with Crippen LogP contribution < -0.4 is 5.30 Å². The van der Waals surface area contributed by atoms with E-state index in [0.29, 0.717) is 16.7 Å². The quantitative estimate of drug-likeness (QED) is 0.144. The number of carbonyl (C=O) groups excluding carboxylic acids is 2. The lowest BCUT2D eigenvalue weighted by molar-refractivity contribution is 0.103. The molecule has 0 spiro atoms. The Labute approximate surface area is 205 Å². The summed E-state index contributed by atoms with van der Waals surface area (Å²) in [6.45, 7) is 3.52. The number of aryl methyl sites for hydroxylation is 2. The molecular weight excluding hydrogens is 520 g/mol. The van der Waals surface area contributed by atoms with E-state index in [9.17, 15) is 14.2 Å². The monoisotopic (exact) mass is 531 g/mol. The fourth-order valence-corrected chi connectivity index (χ4v) is 5.85. The zero-order valence-electron chi connectivity index (χ0n) is 16.1. The molecule has 0 fully saturated rings. The van der Waals surface area contributed by atoms with Crippen LogP contribution >= 0.6 is 65.8 Å². The second-order valence-electron chi connectivity index (χ2n) is 6.66. The van der Waals surface area contributed by atoms with Gasteiger partial charge < -0.3 is 0 Å². The predicted molar refractivity (Wildman–Crippen MR) is 129 cm³/mol. The first-order valence-electron chi connectivity index (χ1n) is 8.80. The average molecular weight is 534 g/mol. The zero-order chi connectivity index (χ0) is 23.0. The molecule has 0 bridgehead atoms. The van der Waals surface area contributed by atoms with Gasteiger partial charge >= 0.3 is 0 Å². The molecule has 3 nitrogen and oxygen atoms in total. The van der Waals surface area contributed by atoms with Crippen LogP contribution in [0.5, 0.6) is 0 Å².